The average Bonchev–Trinajstić information content (AvgIpc) is 2.97. The van der Waals surface area contributed by atoms with Gasteiger partial charge in [-0.15, -0.1) is 0 Å². The van der Waals surface area contributed by atoms with E-state index in [1.54, 1.807) is 0 Å². The third-order valence-corrected chi connectivity index (χ3v) is 7.63. The van der Waals surface area contributed by atoms with Gasteiger partial charge in [-0.2, -0.15) is 11.8 Å². The molecule has 0 spiro atoms. The van der Waals surface area contributed by atoms with Crippen molar-refractivity contribution in [1.82, 2.24) is 9.47 Å². The van der Waals surface area contributed by atoms with Crippen molar-refractivity contribution in [2.24, 2.45) is 0 Å². The summed E-state index contributed by atoms with van der Waals surface area (Å²) in [4.78, 5) is 5.20. The second-order valence-corrected chi connectivity index (χ2v) is 9.55. The Labute approximate surface area is 169 Å². The van der Waals surface area contributed by atoms with Crippen molar-refractivity contribution in [1.29, 1.82) is 0 Å². The number of aromatic nitrogens is 1. The first-order valence-corrected chi connectivity index (χ1v) is 11.6. The maximum atomic E-state index is 6.45. The van der Waals surface area contributed by atoms with E-state index in [-0.39, 0.29) is 6.10 Å². The van der Waals surface area contributed by atoms with Crippen LogP contribution < -0.4 is 4.74 Å². The van der Waals surface area contributed by atoms with E-state index in [0.717, 1.165) is 18.8 Å². The molecule has 1 saturated heterocycles. The third kappa shape index (κ3) is 3.37. The van der Waals surface area contributed by atoms with Gasteiger partial charge < -0.3 is 9.30 Å². The lowest BCUT2D eigenvalue weighted by atomic mass is 10.2. The number of ether oxygens (including phenoxy) is 1. The summed E-state index contributed by atoms with van der Waals surface area (Å²) in [7, 11) is 0. The molecular weight excluding hydrogens is 372 g/mol. The number of hydrogen-bond acceptors (Lipinski definition) is 4. The molecule has 0 radical (unpaired) electrons. The molecule has 2 aromatic carbocycles. The van der Waals surface area contributed by atoms with E-state index in [9.17, 15) is 0 Å². The molecule has 5 rings (SSSR count). The molecule has 140 valence electrons. The number of benzene rings is 2. The normalized spacial score (nSPS) is 20.0. The average molecular weight is 397 g/mol. The number of para-hydroxylation sites is 1. The highest BCUT2D eigenvalue weighted by atomic mass is 32.2. The van der Waals surface area contributed by atoms with Crippen molar-refractivity contribution in [2.45, 2.75) is 29.4 Å². The van der Waals surface area contributed by atoms with Gasteiger partial charge in [-0.05, 0) is 25.1 Å². The highest BCUT2D eigenvalue weighted by Gasteiger charge is 2.28. The van der Waals surface area contributed by atoms with Gasteiger partial charge in [0.15, 0.2) is 0 Å². The Morgan fingerprint density at radius 2 is 1.89 bits per heavy atom. The Balaban J connectivity index is 1.48. The minimum absolute atomic E-state index is 0.229. The minimum atomic E-state index is 0.229. The van der Waals surface area contributed by atoms with E-state index in [1.165, 1.54) is 51.0 Å². The van der Waals surface area contributed by atoms with Gasteiger partial charge in [0.1, 0.15) is 11.9 Å². The van der Waals surface area contributed by atoms with Gasteiger partial charge >= 0.3 is 0 Å². The quantitative estimate of drug-likeness (QED) is 0.623. The summed E-state index contributed by atoms with van der Waals surface area (Å²) in [5.74, 6) is 3.53. The lowest BCUT2D eigenvalue weighted by molar-refractivity contribution is 0.116. The molecule has 0 saturated carbocycles. The predicted octanol–water partition coefficient (Wildman–Crippen LogP) is 4.91. The summed E-state index contributed by atoms with van der Waals surface area (Å²) in [5, 5.41) is 1.31. The van der Waals surface area contributed by atoms with Crippen molar-refractivity contribution >= 4 is 34.4 Å². The molecule has 0 aliphatic carbocycles. The monoisotopic (exact) mass is 396 g/mol. The van der Waals surface area contributed by atoms with Gasteiger partial charge in [-0.3, -0.25) is 4.90 Å². The molecule has 0 bridgehead atoms. The van der Waals surface area contributed by atoms with E-state index >= 15 is 0 Å². The van der Waals surface area contributed by atoms with E-state index in [0.29, 0.717) is 0 Å². The molecule has 27 heavy (non-hydrogen) atoms. The smallest absolute Gasteiger partial charge is 0.144 e. The molecule has 2 aliphatic heterocycles. The standard InChI is InChI=1S/C22H24N2OS2/c1-16-22(27-18-6-3-2-4-7-18)19-8-5-9-20-21(19)24(16)15-17(25-20)14-23-10-12-26-13-11-23/h2-9,17H,10-15H2,1H3. The summed E-state index contributed by atoms with van der Waals surface area (Å²) in [6.45, 7) is 6.59. The summed E-state index contributed by atoms with van der Waals surface area (Å²) >= 11 is 3.92. The van der Waals surface area contributed by atoms with Gasteiger partial charge in [0.05, 0.1) is 12.1 Å². The molecule has 3 aromatic rings. The Bertz CT molecular complexity index is 948. The number of hydrogen-bond donors (Lipinski definition) is 0. The maximum absolute atomic E-state index is 6.45. The van der Waals surface area contributed by atoms with Crippen LogP contribution in [-0.4, -0.2) is 46.7 Å². The molecule has 1 fully saturated rings. The Morgan fingerprint density at radius 3 is 2.70 bits per heavy atom. The fourth-order valence-corrected chi connectivity index (χ4v) is 6.16. The molecule has 5 heteroatoms. The predicted molar refractivity (Wildman–Crippen MR) is 115 cm³/mol. The number of rotatable bonds is 4. The molecule has 1 aromatic heterocycles. The van der Waals surface area contributed by atoms with Crippen LogP contribution in [0.15, 0.2) is 58.3 Å². The summed E-state index contributed by atoms with van der Waals surface area (Å²) in [6.07, 6.45) is 0.229. The molecular formula is C22H24N2OS2. The third-order valence-electron chi connectivity index (χ3n) is 5.46. The first-order valence-electron chi connectivity index (χ1n) is 9.61. The zero-order valence-electron chi connectivity index (χ0n) is 15.6. The van der Waals surface area contributed by atoms with Crippen molar-refractivity contribution in [3.8, 4) is 5.75 Å². The van der Waals surface area contributed by atoms with Gasteiger partial charge in [0, 0.05) is 52.0 Å². The van der Waals surface area contributed by atoms with Crippen molar-refractivity contribution in [3.05, 3.63) is 54.2 Å². The molecule has 2 aliphatic rings. The Hall–Kier alpha value is -1.56. The molecule has 1 atom stereocenters. The second-order valence-electron chi connectivity index (χ2n) is 7.25. The van der Waals surface area contributed by atoms with Crippen molar-refractivity contribution in [3.63, 3.8) is 0 Å². The number of nitrogens with zero attached hydrogens (tertiary/aromatic N) is 2. The maximum Gasteiger partial charge on any atom is 0.144 e. The Morgan fingerprint density at radius 1 is 1.07 bits per heavy atom. The lowest BCUT2D eigenvalue weighted by Gasteiger charge is -2.33. The molecule has 0 amide bonds. The van der Waals surface area contributed by atoms with Crippen LogP contribution in [-0.2, 0) is 6.54 Å². The molecule has 3 nitrogen and oxygen atoms in total. The second kappa shape index (κ2) is 7.46. The fourth-order valence-electron chi connectivity index (χ4n) is 4.11. The fraction of sp³-hybridized carbons (Fsp3) is 0.364. The largest absolute Gasteiger partial charge is 0.485 e. The van der Waals surface area contributed by atoms with Crippen LogP contribution >= 0.6 is 23.5 Å². The number of thioether (sulfide) groups is 1. The van der Waals surface area contributed by atoms with E-state index in [4.69, 9.17) is 4.74 Å². The van der Waals surface area contributed by atoms with E-state index in [1.807, 2.05) is 11.8 Å². The zero-order valence-corrected chi connectivity index (χ0v) is 17.2. The Kier molecular flexibility index (Phi) is 4.84. The summed E-state index contributed by atoms with van der Waals surface area (Å²) in [5.41, 5.74) is 2.62. The van der Waals surface area contributed by atoms with E-state index in [2.05, 4.69) is 76.7 Å². The molecule has 0 N–H and O–H groups in total. The van der Waals surface area contributed by atoms with Gasteiger partial charge in [-0.1, -0.05) is 42.1 Å². The highest BCUT2D eigenvalue weighted by Crippen LogP contribution is 2.43. The van der Waals surface area contributed by atoms with Crippen LogP contribution in [0, 0.1) is 6.92 Å². The lowest BCUT2D eigenvalue weighted by Crippen LogP contribution is -2.43. The van der Waals surface area contributed by atoms with Crippen molar-refractivity contribution < 1.29 is 4.74 Å². The minimum Gasteiger partial charge on any atom is -0.485 e. The first kappa shape index (κ1) is 17.5. The van der Waals surface area contributed by atoms with Crippen LogP contribution in [0.25, 0.3) is 10.9 Å². The molecule has 3 heterocycles. The van der Waals surface area contributed by atoms with Crippen LogP contribution in [0.5, 0.6) is 5.75 Å². The van der Waals surface area contributed by atoms with Gasteiger partial charge in [-0.25, -0.2) is 0 Å². The highest BCUT2D eigenvalue weighted by molar-refractivity contribution is 7.99. The van der Waals surface area contributed by atoms with Gasteiger partial charge in [0.2, 0.25) is 0 Å². The summed E-state index contributed by atoms with van der Waals surface area (Å²) in [6, 6.07) is 17.2. The zero-order chi connectivity index (χ0) is 18.2. The van der Waals surface area contributed by atoms with Crippen molar-refractivity contribution in [2.75, 3.05) is 31.1 Å². The van der Waals surface area contributed by atoms with Crippen LogP contribution in [0.4, 0.5) is 0 Å². The first-order chi connectivity index (χ1) is 13.3. The molecule has 1 unspecified atom stereocenters. The van der Waals surface area contributed by atoms with Crippen LogP contribution in [0.1, 0.15) is 5.69 Å². The topological polar surface area (TPSA) is 17.4 Å². The van der Waals surface area contributed by atoms with Gasteiger partial charge in [0.25, 0.3) is 0 Å². The van der Waals surface area contributed by atoms with E-state index < -0.39 is 0 Å². The SMILES string of the molecule is Cc1c(Sc2ccccc2)c2cccc3c2n1CC(CN1CCSCC1)O3. The van der Waals surface area contributed by atoms with Crippen LogP contribution in [0.3, 0.4) is 0 Å². The van der Waals surface area contributed by atoms with Crippen LogP contribution in [0.2, 0.25) is 0 Å². The summed E-state index contributed by atoms with van der Waals surface area (Å²) < 4.78 is 8.94.